The zero-order chi connectivity index (χ0) is 69.3. The van der Waals surface area contributed by atoms with E-state index in [-0.39, 0.29) is 90.4 Å². The van der Waals surface area contributed by atoms with E-state index in [4.69, 9.17) is 37.9 Å². The van der Waals surface area contributed by atoms with Crippen LogP contribution in [0.3, 0.4) is 0 Å². The molecule has 0 bridgehead atoms. The monoisotopic (exact) mass is 1330 g/mol. The van der Waals surface area contributed by atoms with Gasteiger partial charge in [0, 0.05) is 43.1 Å². The van der Waals surface area contributed by atoms with Gasteiger partial charge in [0.2, 0.25) is 0 Å². The van der Waals surface area contributed by atoms with Crippen LogP contribution in [-0.2, 0) is 0 Å². The number of amides is 4. The third-order valence-corrected chi connectivity index (χ3v) is 18.1. The molecule has 2 heterocycles. The lowest BCUT2D eigenvalue weighted by Crippen LogP contribution is -2.41. The van der Waals surface area contributed by atoms with E-state index in [9.17, 15) is 0 Å². The molecule has 0 atom stereocenters. The Hall–Kier alpha value is -13.7. The molecule has 4 amide bonds. The molecule has 492 valence electrons. The van der Waals surface area contributed by atoms with Crippen molar-refractivity contribution < 1.29 is 57.1 Å². The van der Waals surface area contributed by atoms with Gasteiger partial charge in [-0.2, -0.15) is 0 Å². The fourth-order valence-electron chi connectivity index (χ4n) is 13.4. The molecule has 0 saturated carbocycles. The van der Waals surface area contributed by atoms with Gasteiger partial charge in [0.05, 0.1) is 22.3 Å². The molecule has 2 aliphatic heterocycles. The maximum Gasteiger partial charge on any atom is 0.266 e. The van der Waals surface area contributed by atoms with Gasteiger partial charge in [-0.25, -0.2) is 9.80 Å². The molecule has 0 N–H and O–H groups in total. The Morgan fingerprint density at radius 2 is 0.392 bits per heavy atom. The van der Waals surface area contributed by atoms with Crippen LogP contribution in [0.2, 0.25) is 0 Å². The number of fused-ring (bicyclic) bond motifs is 2. The Morgan fingerprint density at radius 3 is 0.608 bits per heavy atom. The summed E-state index contributed by atoms with van der Waals surface area (Å²) in [6.45, 7) is 7.87. The number of imide groups is 2. The summed E-state index contributed by atoms with van der Waals surface area (Å²) >= 11 is 0. The second-order valence-electron chi connectivity index (χ2n) is 25.1. The minimum atomic E-state index is -0.750. The summed E-state index contributed by atoms with van der Waals surface area (Å²) in [5, 5.41) is 2.41. The molecule has 0 aromatic heterocycles. The summed E-state index contributed by atoms with van der Waals surface area (Å²) in [5.74, 6) is 1.32. The summed E-state index contributed by atoms with van der Waals surface area (Å²) in [4.78, 5) is 68.9. The topological polar surface area (TPSA) is 149 Å². The van der Waals surface area contributed by atoms with Crippen LogP contribution in [-0.4, -0.2) is 23.6 Å². The lowest BCUT2D eigenvalue weighted by atomic mass is 9.80. The van der Waals surface area contributed by atoms with Crippen molar-refractivity contribution in [2.75, 3.05) is 9.80 Å². The third kappa shape index (κ3) is 11.1. The molecule has 102 heavy (non-hydrogen) atoms. The first kappa shape index (κ1) is 61.8. The van der Waals surface area contributed by atoms with Crippen molar-refractivity contribution in [1.29, 1.82) is 0 Å². The van der Waals surface area contributed by atoms with Crippen LogP contribution < -0.4 is 47.7 Å². The van der Waals surface area contributed by atoms with E-state index in [1.807, 2.05) is 198 Å². The predicted octanol–water partition coefficient (Wildman–Crippen LogP) is 22.9. The minimum Gasteiger partial charge on any atom is -0.457 e. The van der Waals surface area contributed by atoms with E-state index in [2.05, 4.69) is 0 Å². The van der Waals surface area contributed by atoms with E-state index in [1.165, 1.54) is 0 Å². The van der Waals surface area contributed by atoms with Crippen molar-refractivity contribution in [2.45, 2.75) is 27.7 Å². The summed E-state index contributed by atoms with van der Waals surface area (Å²) in [6, 6.07) is 82.9. The second kappa shape index (κ2) is 25.3. The molecule has 14 heteroatoms. The van der Waals surface area contributed by atoms with Crippen LogP contribution in [0.25, 0.3) is 43.1 Å². The zero-order valence-electron chi connectivity index (χ0n) is 55.4. The smallest absolute Gasteiger partial charge is 0.266 e. The van der Waals surface area contributed by atoms with E-state index < -0.39 is 23.6 Å². The molecular formula is C88H58N2O12. The molecule has 0 fully saturated rings. The molecule has 17 rings (SSSR count). The Morgan fingerprint density at radius 1 is 0.196 bits per heavy atom. The number of hydrogen-bond donors (Lipinski definition) is 0. The number of anilines is 2. The lowest BCUT2D eigenvalue weighted by Gasteiger charge is -2.33. The largest absolute Gasteiger partial charge is 0.457 e. The van der Waals surface area contributed by atoms with Crippen molar-refractivity contribution in [3.05, 3.63) is 324 Å². The van der Waals surface area contributed by atoms with E-state index >= 15 is 19.2 Å². The Kier molecular flexibility index (Phi) is 15.3. The first-order chi connectivity index (χ1) is 49.8. The van der Waals surface area contributed by atoms with Gasteiger partial charge in [0.1, 0.15) is 80.4 Å². The molecule has 0 spiro atoms. The van der Waals surface area contributed by atoms with Crippen LogP contribution in [0.4, 0.5) is 11.4 Å². The second-order valence-corrected chi connectivity index (χ2v) is 25.1. The Bertz CT molecular complexity index is 5150. The molecule has 0 radical (unpaired) electrons. The molecule has 2 aliphatic rings. The van der Waals surface area contributed by atoms with E-state index in [0.29, 0.717) is 78.3 Å². The molecule has 14 nitrogen and oxygen atoms in total. The van der Waals surface area contributed by atoms with Crippen molar-refractivity contribution in [1.82, 2.24) is 0 Å². The van der Waals surface area contributed by atoms with Gasteiger partial charge >= 0.3 is 0 Å². The number of carbonyl (C=O) groups excluding carboxylic acids is 4. The first-order valence-electron chi connectivity index (χ1n) is 33.1. The SMILES string of the molecule is Cc1ccc(Oc2cccc(Oc3ccc(C)cc3)c2N2C(=O)c3cc(Oc4ccccc4)c4c5c(Oc6ccccc6)cc6c7c(cc(Oc8ccccc8)c(c8c(Oc9ccccc9)cc(c3c48)C2=O)c75)C(=O)N(c2c(Oc3ccc(C)cc3)cccc2Oc2ccc(C)cc2)C6=O)cc1. The quantitative estimate of drug-likeness (QED) is 0.0457. The summed E-state index contributed by atoms with van der Waals surface area (Å²) in [7, 11) is 0. The van der Waals surface area contributed by atoms with Gasteiger partial charge in [-0.15, -0.1) is 0 Å². The number of rotatable bonds is 18. The van der Waals surface area contributed by atoms with Crippen molar-refractivity contribution >= 4 is 78.1 Å². The normalized spacial score (nSPS) is 12.5. The van der Waals surface area contributed by atoms with Gasteiger partial charge < -0.3 is 37.9 Å². The number of hydrogen-bond acceptors (Lipinski definition) is 12. The Labute approximate surface area is 585 Å². The summed E-state index contributed by atoms with van der Waals surface area (Å²) < 4.78 is 55.8. The maximum absolute atomic E-state index is 16.7. The van der Waals surface area contributed by atoms with Crippen LogP contribution in [0.1, 0.15) is 63.7 Å². The number of ether oxygens (including phenoxy) is 8. The summed E-state index contributed by atoms with van der Waals surface area (Å²) in [5.41, 5.74) is 4.22. The van der Waals surface area contributed by atoms with E-state index in [1.54, 1.807) is 109 Å². The standard InChI is InChI=1S/C88H58N2O12/c1-51-31-39-59(40-32-51)95-67-27-17-28-68(96-60-41-33-52(2)34-42-60)83(67)89-85(91)63-47-71(99-55-19-9-5-10-20-55)77-79-73(101-57-23-13-7-14-24-57)49-65-76-66(88(94)90(87(65)93)84-69(97-61-43-35-53(3)36-44-61)29-18-30-70(84)98-62-45-37-54(4)38-46-62)50-74(102-58-25-15-8-16-26-58)80(82(76)79)78-72(100-56-21-11-6-12-22-56)48-64(86(89)92)75(63)81(77)78/h5-50H,1-4H3. The van der Waals surface area contributed by atoms with Crippen LogP contribution in [0, 0.1) is 27.7 Å². The molecule has 0 aliphatic carbocycles. The number of para-hydroxylation sites is 6. The van der Waals surface area contributed by atoms with Gasteiger partial charge in [-0.1, -0.05) is 156 Å². The summed E-state index contributed by atoms with van der Waals surface area (Å²) in [6.07, 6.45) is 0. The fourth-order valence-corrected chi connectivity index (χ4v) is 13.4. The molecular weight excluding hydrogens is 1280 g/mol. The number of nitrogens with zero attached hydrogens (tertiary/aromatic N) is 2. The van der Waals surface area contributed by atoms with Crippen molar-refractivity contribution in [3.63, 3.8) is 0 Å². The minimum absolute atomic E-state index is 0.0204. The average molecular weight is 1340 g/mol. The first-order valence-corrected chi connectivity index (χ1v) is 33.1. The molecule has 15 aromatic carbocycles. The Balaban J connectivity index is 0.995. The third-order valence-electron chi connectivity index (χ3n) is 18.1. The number of carbonyl (C=O) groups is 4. The van der Waals surface area contributed by atoms with Gasteiger partial charge in [0.25, 0.3) is 23.6 Å². The predicted molar refractivity (Wildman–Crippen MR) is 394 cm³/mol. The number of aryl methyl sites for hydroxylation is 4. The molecule has 15 aromatic rings. The fraction of sp³-hybridized carbons (Fsp3) is 0.0455. The van der Waals surface area contributed by atoms with Gasteiger partial charge in [-0.05, 0) is 173 Å². The van der Waals surface area contributed by atoms with Crippen molar-refractivity contribution in [2.24, 2.45) is 0 Å². The zero-order valence-corrected chi connectivity index (χ0v) is 55.4. The highest BCUT2D eigenvalue weighted by Gasteiger charge is 2.45. The van der Waals surface area contributed by atoms with Crippen molar-refractivity contribution in [3.8, 4) is 92.0 Å². The average Bonchev–Trinajstić information content (AvgIpc) is 0.783. The van der Waals surface area contributed by atoms with Crippen LogP contribution >= 0.6 is 0 Å². The van der Waals surface area contributed by atoms with Crippen LogP contribution in [0.15, 0.2) is 279 Å². The highest BCUT2D eigenvalue weighted by molar-refractivity contribution is 6.48. The molecule has 0 unspecified atom stereocenters. The highest BCUT2D eigenvalue weighted by atomic mass is 16.5. The number of benzene rings is 15. The highest BCUT2D eigenvalue weighted by Crippen LogP contribution is 2.60. The van der Waals surface area contributed by atoms with Gasteiger partial charge in [-0.3, -0.25) is 19.2 Å². The van der Waals surface area contributed by atoms with Gasteiger partial charge in [0.15, 0.2) is 23.0 Å². The lowest BCUT2D eigenvalue weighted by molar-refractivity contribution is 0.0876. The molecule has 0 saturated heterocycles. The van der Waals surface area contributed by atoms with Crippen LogP contribution in [0.5, 0.6) is 92.0 Å². The van der Waals surface area contributed by atoms with E-state index in [0.717, 1.165) is 32.1 Å². The maximum atomic E-state index is 16.7.